The maximum atomic E-state index is 10.5. The van der Waals surface area contributed by atoms with Crippen molar-refractivity contribution in [3.63, 3.8) is 0 Å². The predicted octanol–water partition coefficient (Wildman–Crippen LogP) is -12.2. The molecule has 78 valence electrons. The number of carboxylic acids is 3. The van der Waals surface area contributed by atoms with Gasteiger partial charge in [0.2, 0.25) is 0 Å². The van der Waals surface area contributed by atoms with E-state index in [-0.39, 0.29) is 88.7 Å². The fourth-order valence-electron chi connectivity index (χ4n) is 1.02. The number of carboxylic acid groups (broad SMARTS) is 3. The molecule has 0 bridgehead atoms. The molecule has 1 aromatic rings. The summed E-state index contributed by atoms with van der Waals surface area (Å²) in [5.74, 6) is -5.13. The van der Waals surface area contributed by atoms with Crippen molar-refractivity contribution < 1.29 is 118 Å². The van der Waals surface area contributed by atoms with E-state index in [1.807, 2.05) is 0 Å². The van der Waals surface area contributed by atoms with Gasteiger partial charge in [-0.05, 0) is 11.6 Å². The molecule has 0 saturated carbocycles. The second-order valence-corrected chi connectivity index (χ2v) is 2.62. The van der Waals surface area contributed by atoms with Crippen molar-refractivity contribution >= 4 is 17.9 Å². The van der Waals surface area contributed by atoms with Crippen molar-refractivity contribution in [3.05, 3.63) is 34.9 Å². The van der Waals surface area contributed by atoms with E-state index in [9.17, 15) is 29.7 Å². The number of carbonyl (C=O) groups is 3. The van der Waals surface area contributed by atoms with Gasteiger partial charge in [0, 0.05) is 11.1 Å². The summed E-state index contributed by atoms with van der Waals surface area (Å²) in [5, 5.41) is 31.3. The zero-order valence-electron chi connectivity index (χ0n) is 10.2. The Labute approximate surface area is 169 Å². The third kappa shape index (κ3) is 6.18. The molecule has 6 nitrogen and oxygen atoms in total. The minimum absolute atomic E-state index is 0. The number of carbonyl (C=O) groups excluding carboxylic acids is 3. The SMILES string of the molecule is O=C([O-])c1ccc(C(=O)[O-])c(C(=O)[O-])c1.[Na+].[Na+].[Na+]. The molecule has 9 heteroatoms. The molecule has 0 unspecified atom stereocenters. The first kappa shape index (κ1) is 23.7. The molecule has 0 N–H and O–H groups in total. The zero-order valence-corrected chi connectivity index (χ0v) is 16.2. The number of aromatic carboxylic acids is 3. The van der Waals surface area contributed by atoms with Crippen LogP contribution < -0.4 is 104 Å². The van der Waals surface area contributed by atoms with Gasteiger partial charge in [0.1, 0.15) is 0 Å². The number of benzene rings is 1. The van der Waals surface area contributed by atoms with Gasteiger partial charge in [-0.15, -0.1) is 0 Å². The van der Waals surface area contributed by atoms with Gasteiger partial charge in [0.05, 0.1) is 17.9 Å². The molecular weight excluding hydrogens is 273 g/mol. The third-order valence-electron chi connectivity index (χ3n) is 1.70. The van der Waals surface area contributed by atoms with Crippen LogP contribution in [0.1, 0.15) is 31.1 Å². The van der Waals surface area contributed by atoms with E-state index in [1.54, 1.807) is 0 Å². The molecule has 0 aliphatic heterocycles. The van der Waals surface area contributed by atoms with Crippen molar-refractivity contribution in [3.8, 4) is 0 Å². The molecule has 0 aromatic heterocycles. The molecule has 0 atom stereocenters. The van der Waals surface area contributed by atoms with Crippen LogP contribution >= 0.6 is 0 Å². The Hall–Kier alpha value is 0.630. The number of hydrogen-bond donors (Lipinski definition) is 0. The fraction of sp³-hybridized carbons (Fsp3) is 0. The van der Waals surface area contributed by atoms with Gasteiger partial charge in [-0.1, -0.05) is 12.1 Å². The number of rotatable bonds is 3. The zero-order chi connectivity index (χ0) is 11.6. The summed E-state index contributed by atoms with van der Waals surface area (Å²) in [5.41, 5.74) is -1.84. The molecule has 18 heavy (non-hydrogen) atoms. The molecular formula is C9H3Na3O6. The van der Waals surface area contributed by atoms with Crippen LogP contribution in [-0.2, 0) is 0 Å². The standard InChI is InChI=1S/C9H6O6.3Na/c10-7(11)4-1-2-5(8(12)13)6(3-4)9(14)15;;;/h1-3H,(H,10,11)(H,12,13)(H,14,15);;;/q;3*+1/p-3. The summed E-state index contributed by atoms with van der Waals surface area (Å²) in [6.07, 6.45) is 0. The smallest absolute Gasteiger partial charge is 0.545 e. The Morgan fingerprint density at radius 3 is 1.50 bits per heavy atom. The van der Waals surface area contributed by atoms with E-state index in [2.05, 4.69) is 0 Å². The quantitative estimate of drug-likeness (QED) is 0.505. The first-order valence-electron chi connectivity index (χ1n) is 3.71. The van der Waals surface area contributed by atoms with Crippen molar-refractivity contribution in [2.75, 3.05) is 0 Å². The minimum atomic E-state index is -1.79. The van der Waals surface area contributed by atoms with Crippen molar-refractivity contribution in [1.29, 1.82) is 0 Å². The molecule has 1 aromatic carbocycles. The number of hydrogen-bond acceptors (Lipinski definition) is 6. The topological polar surface area (TPSA) is 120 Å². The van der Waals surface area contributed by atoms with Crippen molar-refractivity contribution in [2.45, 2.75) is 0 Å². The van der Waals surface area contributed by atoms with E-state index in [4.69, 9.17) is 0 Å². The molecule has 0 aliphatic rings. The van der Waals surface area contributed by atoms with E-state index in [0.717, 1.165) is 12.1 Å². The van der Waals surface area contributed by atoms with Crippen LogP contribution in [0.5, 0.6) is 0 Å². The first-order valence-corrected chi connectivity index (χ1v) is 3.71. The molecule has 0 fully saturated rings. The van der Waals surface area contributed by atoms with Crippen molar-refractivity contribution in [1.82, 2.24) is 0 Å². The van der Waals surface area contributed by atoms with E-state index in [0.29, 0.717) is 6.07 Å². The average molecular weight is 276 g/mol. The summed E-state index contributed by atoms with van der Waals surface area (Å²) >= 11 is 0. The molecule has 1 rings (SSSR count). The van der Waals surface area contributed by atoms with Crippen LogP contribution in [0.3, 0.4) is 0 Å². The second kappa shape index (κ2) is 10.4. The van der Waals surface area contributed by atoms with Crippen LogP contribution in [0, 0.1) is 0 Å². The normalized spacial score (nSPS) is 8.00. The minimum Gasteiger partial charge on any atom is -0.545 e. The monoisotopic (exact) mass is 276 g/mol. The Morgan fingerprint density at radius 2 is 1.17 bits per heavy atom. The van der Waals surface area contributed by atoms with Gasteiger partial charge in [0.15, 0.2) is 0 Å². The Balaban J connectivity index is -0.000000750. The van der Waals surface area contributed by atoms with Gasteiger partial charge < -0.3 is 29.7 Å². The van der Waals surface area contributed by atoms with Gasteiger partial charge in [0.25, 0.3) is 0 Å². The molecule has 0 radical (unpaired) electrons. The van der Waals surface area contributed by atoms with Crippen LogP contribution in [0.25, 0.3) is 0 Å². The Bertz CT molecular complexity index is 460. The first-order chi connectivity index (χ1) is 6.93. The summed E-state index contributed by atoms with van der Waals surface area (Å²) in [4.78, 5) is 31.3. The van der Waals surface area contributed by atoms with E-state index in [1.165, 1.54) is 0 Å². The van der Waals surface area contributed by atoms with Gasteiger partial charge in [-0.25, -0.2) is 0 Å². The molecule has 0 amide bonds. The van der Waals surface area contributed by atoms with E-state index >= 15 is 0 Å². The maximum absolute atomic E-state index is 10.5. The molecule has 0 saturated heterocycles. The summed E-state index contributed by atoms with van der Waals surface area (Å²) in [6, 6.07) is 2.37. The Morgan fingerprint density at radius 1 is 0.722 bits per heavy atom. The Kier molecular flexibility index (Phi) is 13.7. The molecule has 0 heterocycles. The van der Waals surface area contributed by atoms with Crippen LogP contribution in [-0.4, -0.2) is 17.9 Å². The van der Waals surface area contributed by atoms with Crippen LogP contribution in [0.4, 0.5) is 0 Å². The van der Waals surface area contributed by atoms with Crippen LogP contribution in [0.15, 0.2) is 18.2 Å². The largest absolute Gasteiger partial charge is 1.00 e. The second-order valence-electron chi connectivity index (χ2n) is 2.62. The summed E-state index contributed by atoms with van der Waals surface area (Å²) < 4.78 is 0. The summed E-state index contributed by atoms with van der Waals surface area (Å²) in [6.45, 7) is 0. The third-order valence-corrected chi connectivity index (χ3v) is 1.70. The van der Waals surface area contributed by atoms with Gasteiger partial charge in [-0.2, -0.15) is 0 Å². The summed E-state index contributed by atoms with van der Waals surface area (Å²) in [7, 11) is 0. The average Bonchev–Trinajstić information content (AvgIpc) is 2.16. The predicted molar refractivity (Wildman–Crippen MR) is 39.4 cm³/mol. The van der Waals surface area contributed by atoms with Crippen LogP contribution in [0.2, 0.25) is 0 Å². The molecule has 0 aliphatic carbocycles. The molecule has 0 spiro atoms. The van der Waals surface area contributed by atoms with E-state index < -0.39 is 34.6 Å². The van der Waals surface area contributed by atoms with Gasteiger partial charge in [-0.3, -0.25) is 0 Å². The fourth-order valence-corrected chi connectivity index (χ4v) is 1.02. The van der Waals surface area contributed by atoms with Gasteiger partial charge >= 0.3 is 88.7 Å². The maximum Gasteiger partial charge on any atom is 1.00 e. The van der Waals surface area contributed by atoms with Crippen molar-refractivity contribution in [2.24, 2.45) is 0 Å².